The van der Waals surface area contributed by atoms with Crippen LogP contribution in [0.4, 0.5) is 15.8 Å². The molecule has 0 amide bonds. The van der Waals surface area contributed by atoms with Crippen LogP contribution < -0.4 is 5.73 Å². The molecule has 2 unspecified atom stereocenters. The number of alkyl halides is 1. The van der Waals surface area contributed by atoms with Crippen molar-refractivity contribution in [1.29, 1.82) is 0 Å². The molecule has 0 bridgehead atoms. The summed E-state index contributed by atoms with van der Waals surface area (Å²) in [6.07, 6.45) is -2.75. The Kier molecular flexibility index (Phi) is 4.83. The van der Waals surface area contributed by atoms with Gasteiger partial charge >= 0.3 is 0 Å². The van der Waals surface area contributed by atoms with Crippen LogP contribution in [0.1, 0.15) is 18.1 Å². The maximum atomic E-state index is 13.2. The van der Waals surface area contributed by atoms with Crippen LogP contribution in [-0.2, 0) is 0 Å². The van der Waals surface area contributed by atoms with Gasteiger partial charge in [-0.25, -0.2) is 4.39 Å². The fourth-order valence-electron chi connectivity index (χ4n) is 1.50. The van der Waals surface area contributed by atoms with Crippen molar-refractivity contribution >= 4 is 23.0 Å². The molecule has 1 rings (SSSR count). The third-order valence-corrected chi connectivity index (χ3v) is 2.66. The number of rotatable bonds is 5. The standard InChI is InChI=1S/C10H12ClFN2O4/c11-2-1-8(15)10(16)6-3-5(12)4-7(9(6)13)14(17)18/h3-4,8,10,15-16H,1-2,13H2. The molecule has 0 aliphatic rings. The van der Waals surface area contributed by atoms with Gasteiger partial charge in [-0.15, -0.1) is 11.6 Å². The molecule has 4 N–H and O–H groups in total. The molecule has 6 nitrogen and oxygen atoms in total. The molecule has 18 heavy (non-hydrogen) atoms. The van der Waals surface area contributed by atoms with Crippen molar-refractivity contribution in [3.05, 3.63) is 33.6 Å². The Morgan fingerprint density at radius 1 is 1.50 bits per heavy atom. The summed E-state index contributed by atoms with van der Waals surface area (Å²) in [5.41, 5.74) is 4.23. The van der Waals surface area contributed by atoms with Crippen LogP contribution in [0.25, 0.3) is 0 Å². The molecule has 0 spiro atoms. The smallest absolute Gasteiger partial charge is 0.295 e. The number of nitrogens with zero attached hydrogens (tertiary/aromatic N) is 1. The Hall–Kier alpha value is -1.44. The second kappa shape index (κ2) is 5.94. The molecule has 0 radical (unpaired) electrons. The molecule has 1 aromatic carbocycles. The zero-order valence-corrected chi connectivity index (χ0v) is 9.97. The van der Waals surface area contributed by atoms with Crippen LogP contribution in [-0.4, -0.2) is 27.1 Å². The van der Waals surface area contributed by atoms with Crippen LogP contribution in [0.3, 0.4) is 0 Å². The van der Waals surface area contributed by atoms with Crippen LogP contribution in [0.5, 0.6) is 0 Å². The Morgan fingerprint density at radius 2 is 2.11 bits per heavy atom. The third kappa shape index (κ3) is 3.06. The molecule has 0 heterocycles. The van der Waals surface area contributed by atoms with Gasteiger partial charge in [-0.2, -0.15) is 0 Å². The van der Waals surface area contributed by atoms with Gasteiger partial charge in [-0.3, -0.25) is 10.1 Å². The lowest BCUT2D eigenvalue weighted by Crippen LogP contribution is -2.20. The predicted molar refractivity (Wildman–Crippen MR) is 63.8 cm³/mol. The summed E-state index contributed by atoms with van der Waals surface area (Å²) in [4.78, 5) is 9.78. The highest BCUT2D eigenvalue weighted by atomic mass is 35.5. The molecule has 0 aliphatic heterocycles. The van der Waals surface area contributed by atoms with E-state index in [2.05, 4.69) is 0 Å². The molecule has 0 aliphatic carbocycles. The van der Waals surface area contributed by atoms with Crippen molar-refractivity contribution in [3.63, 3.8) is 0 Å². The van der Waals surface area contributed by atoms with E-state index in [0.29, 0.717) is 6.07 Å². The van der Waals surface area contributed by atoms with Gasteiger partial charge < -0.3 is 15.9 Å². The van der Waals surface area contributed by atoms with Gasteiger partial charge in [0.25, 0.3) is 5.69 Å². The quantitative estimate of drug-likeness (QED) is 0.326. The number of aliphatic hydroxyl groups excluding tert-OH is 2. The van der Waals surface area contributed by atoms with Gasteiger partial charge in [0, 0.05) is 11.4 Å². The number of nitrogens with two attached hydrogens (primary N) is 1. The third-order valence-electron chi connectivity index (χ3n) is 2.44. The number of hydrogen-bond donors (Lipinski definition) is 3. The number of hydrogen-bond acceptors (Lipinski definition) is 5. The first kappa shape index (κ1) is 14.6. The van der Waals surface area contributed by atoms with Crippen molar-refractivity contribution in [3.8, 4) is 0 Å². The van der Waals surface area contributed by atoms with E-state index in [1.807, 2.05) is 0 Å². The first-order valence-corrected chi connectivity index (χ1v) is 5.57. The van der Waals surface area contributed by atoms with Crippen LogP contribution in [0.2, 0.25) is 0 Å². The Bertz CT molecular complexity index is 458. The summed E-state index contributed by atoms with van der Waals surface area (Å²) in [6.45, 7) is 0. The lowest BCUT2D eigenvalue weighted by molar-refractivity contribution is -0.384. The van der Waals surface area contributed by atoms with E-state index in [4.69, 9.17) is 17.3 Å². The number of nitrogen functional groups attached to an aromatic ring is 1. The molecule has 0 fully saturated rings. The lowest BCUT2D eigenvalue weighted by atomic mass is 10.00. The number of halogens is 2. The van der Waals surface area contributed by atoms with Gasteiger partial charge in [0.2, 0.25) is 0 Å². The molecule has 8 heteroatoms. The second-order valence-electron chi connectivity index (χ2n) is 3.67. The number of benzene rings is 1. The molecule has 2 atom stereocenters. The summed E-state index contributed by atoms with van der Waals surface area (Å²) >= 11 is 5.40. The molecule has 1 aromatic rings. The largest absolute Gasteiger partial charge is 0.393 e. The van der Waals surface area contributed by atoms with E-state index in [0.717, 1.165) is 6.07 Å². The maximum absolute atomic E-state index is 13.2. The van der Waals surface area contributed by atoms with Gasteiger partial charge in [-0.1, -0.05) is 0 Å². The van der Waals surface area contributed by atoms with Crippen molar-refractivity contribution in [2.45, 2.75) is 18.6 Å². The molecule has 0 saturated heterocycles. The van der Waals surface area contributed by atoms with Crippen LogP contribution in [0.15, 0.2) is 12.1 Å². The maximum Gasteiger partial charge on any atom is 0.295 e. The fourth-order valence-corrected chi connectivity index (χ4v) is 1.72. The topological polar surface area (TPSA) is 110 Å². The lowest BCUT2D eigenvalue weighted by Gasteiger charge is -2.18. The van der Waals surface area contributed by atoms with E-state index < -0.39 is 28.6 Å². The number of anilines is 1. The normalized spacial score (nSPS) is 14.2. The summed E-state index contributed by atoms with van der Waals surface area (Å²) < 4.78 is 13.2. The number of nitro groups is 1. The van der Waals surface area contributed by atoms with E-state index in [9.17, 15) is 24.7 Å². The van der Waals surface area contributed by atoms with E-state index in [1.165, 1.54) is 0 Å². The molecule has 0 aromatic heterocycles. The average molecular weight is 279 g/mol. The first-order valence-electron chi connectivity index (χ1n) is 5.04. The highest BCUT2D eigenvalue weighted by Gasteiger charge is 2.26. The van der Waals surface area contributed by atoms with E-state index in [1.54, 1.807) is 0 Å². The molecular weight excluding hydrogens is 267 g/mol. The number of aliphatic hydroxyl groups is 2. The summed E-state index contributed by atoms with van der Waals surface area (Å²) in [5, 5.41) is 29.9. The zero-order valence-electron chi connectivity index (χ0n) is 9.22. The minimum Gasteiger partial charge on any atom is -0.393 e. The van der Waals surface area contributed by atoms with Crippen LogP contribution in [0, 0.1) is 15.9 Å². The van der Waals surface area contributed by atoms with Crippen molar-refractivity contribution in [1.82, 2.24) is 0 Å². The van der Waals surface area contributed by atoms with Gasteiger partial charge in [0.1, 0.15) is 17.6 Å². The zero-order chi connectivity index (χ0) is 13.9. The average Bonchev–Trinajstić information content (AvgIpc) is 2.30. The van der Waals surface area contributed by atoms with Gasteiger partial charge in [0.15, 0.2) is 0 Å². The minimum absolute atomic E-state index is 0.0481. The summed E-state index contributed by atoms with van der Waals surface area (Å²) in [5.74, 6) is -0.835. The first-order chi connectivity index (χ1) is 8.38. The SMILES string of the molecule is Nc1c(C(O)C(O)CCCl)cc(F)cc1[N+](=O)[O-]. The van der Waals surface area contributed by atoms with Gasteiger partial charge in [-0.05, 0) is 12.5 Å². The predicted octanol–water partition coefficient (Wildman–Crippen LogP) is 1.34. The summed E-state index contributed by atoms with van der Waals surface area (Å²) in [7, 11) is 0. The summed E-state index contributed by atoms with van der Waals surface area (Å²) in [6, 6.07) is 1.50. The fraction of sp³-hybridized carbons (Fsp3) is 0.400. The molecule has 100 valence electrons. The highest BCUT2D eigenvalue weighted by molar-refractivity contribution is 6.17. The monoisotopic (exact) mass is 278 g/mol. The van der Waals surface area contributed by atoms with Gasteiger partial charge in [0.05, 0.1) is 17.1 Å². The van der Waals surface area contributed by atoms with Crippen molar-refractivity contribution in [2.75, 3.05) is 11.6 Å². The second-order valence-corrected chi connectivity index (χ2v) is 4.05. The van der Waals surface area contributed by atoms with E-state index in [-0.39, 0.29) is 23.6 Å². The van der Waals surface area contributed by atoms with Crippen molar-refractivity contribution < 1.29 is 19.5 Å². The Morgan fingerprint density at radius 3 is 2.61 bits per heavy atom. The molecular formula is C10H12ClFN2O4. The highest BCUT2D eigenvalue weighted by Crippen LogP contribution is 2.32. The molecule has 0 saturated carbocycles. The Labute approximate surface area is 107 Å². The van der Waals surface area contributed by atoms with E-state index >= 15 is 0 Å². The number of nitro benzene ring substituents is 1. The Balaban J connectivity index is 3.19. The van der Waals surface area contributed by atoms with Crippen LogP contribution >= 0.6 is 11.6 Å². The minimum atomic E-state index is -1.53. The van der Waals surface area contributed by atoms with Crippen molar-refractivity contribution in [2.24, 2.45) is 0 Å².